The second-order valence-electron chi connectivity index (χ2n) is 5.15. The van der Waals surface area contributed by atoms with Gasteiger partial charge in [0.15, 0.2) is 6.10 Å². The van der Waals surface area contributed by atoms with Gasteiger partial charge in [0.1, 0.15) is 11.6 Å². The number of nitrogens with one attached hydrogen (secondary N) is 1. The molecule has 1 atom stereocenters. The van der Waals surface area contributed by atoms with Gasteiger partial charge in [-0.1, -0.05) is 35.9 Å². The van der Waals surface area contributed by atoms with Crippen LogP contribution in [0.3, 0.4) is 0 Å². The van der Waals surface area contributed by atoms with E-state index in [1.54, 1.807) is 55.1 Å². The van der Waals surface area contributed by atoms with Gasteiger partial charge in [0.05, 0.1) is 0 Å². The van der Waals surface area contributed by atoms with Crippen molar-refractivity contribution >= 4 is 29.3 Å². The third kappa shape index (κ3) is 6.06. The third-order valence-corrected chi connectivity index (χ3v) is 4.48. The van der Waals surface area contributed by atoms with Crippen molar-refractivity contribution in [2.24, 2.45) is 0 Å². The van der Waals surface area contributed by atoms with Gasteiger partial charge in [-0.05, 0) is 36.8 Å². The second-order valence-corrected chi connectivity index (χ2v) is 6.69. The van der Waals surface area contributed by atoms with Crippen molar-refractivity contribution in [3.63, 3.8) is 0 Å². The highest BCUT2D eigenvalue weighted by molar-refractivity contribution is 7.98. The monoisotopic (exact) mass is 367 g/mol. The number of benzene rings is 2. The molecule has 0 saturated heterocycles. The molecule has 128 valence electrons. The minimum absolute atomic E-state index is 0.193. The fourth-order valence-electron chi connectivity index (χ4n) is 1.99. The van der Waals surface area contributed by atoms with Gasteiger partial charge in [0.2, 0.25) is 0 Å². The average molecular weight is 368 g/mol. The van der Waals surface area contributed by atoms with Crippen molar-refractivity contribution in [3.8, 4) is 5.75 Å². The number of hydrogen-bond acceptors (Lipinski definition) is 3. The third-order valence-electron chi connectivity index (χ3n) is 3.24. The van der Waals surface area contributed by atoms with Crippen LogP contribution in [0.4, 0.5) is 4.39 Å². The van der Waals surface area contributed by atoms with E-state index in [0.29, 0.717) is 34.4 Å². The van der Waals surface area contributed by atoms with Gasteiger partial charge in [-0.15, -0.1) is 0 Å². The van der Waals surface area contributed by atoms with Crippen molar-refractivity contribution in [1.82, 2.24) is 5.32 Å². The summed E-state index contributed by atoms with van der Waals surface area (Å²) in [4.78, 5) is 12.0. The van der Waals surface area contributed by atoms with Crippen molar-refractivity contribution in [2.45, 2.75) is 18.8 Å². The Kier molecular flexibility index (Phi) is 7.40. The maximum Gasteiger partial charge on any atom is 0.260 e. The lowest BCUT2D eigenvalue weighted by Crippen LogP contribution is -2.37. The van der Waals surface area contributed by atoms with E-state index < -0.39 is 6.10 Å². The molecule has 0 aliphatic heterocycles. The number of carbonyl (C=O) groups excluding carboxylic acids is 1. The predicted octanol–water partition coefficient (Wildman–Crippen LogP) is 4.30. The van der Waals surface area contributed by atoms with Crippen LogP contribution in [0.1, 0.15) is 12.5 Å². The van der Waals surface area contributed by atoms with Crippen LogP contribution >= 0.6 is 23.4 Å². The Labute approximate surface area is 150 Å². The van der Waals surface area contributed by atoms with Crippen LogP contribution in [-0.2, 0) is 10.5 Å². The van der Waals surface area contributed by atoms with Crippen molar-refractivity contribution in [1.29, 1.82) is 0 Å². The molecule has 0 heterocycles. The molecule has 0 saturated carbocycles. The molecule has 3 nitrogen and oxygen atoms in total. The summed E-state index contributed by atoms with van der Waals surface area (Å²) in [6, 6.07) is 13.6. The Morgan fingerprint density at radius 1 is 1.29 bits per heavy atom. The maximum absolute atomic E-state index is 13.5. The second kappa shape index (κ2) is 9.55. The molecule has 2 aromatic rings. The molecular weight excluding hydrogens is 349 g/mol. The summed E-state index contributed by atoms with van der Waals surface area (Å²) in [6.07, 6.45) is -0.611. The number of ether oxygens (including phenoxy) is 1. The summed E-state index contributed by atoms with van der Waals surface area (Å²) in [6.45, 7) is 2.18. The standard InChI is InChI=1S/C18H19ClFNO2S/c1-13(23-16-7-4-6-15(19)11-16)18(22)21-9-10-24-12-14-5-2-3-8-17(14)20/h2-8,11,13H,9-10,12H2,1H3,(H,21,22)/t13-/m0/s1. The van der Waals surface area contributed by atoms with E-state index >= 15 is 0 Å². The molecule has 1 amide bonds. The van der Waals surface area contributed by atoms with Gasteiger partial charge in [-0.3, -0.25) is 4.79 Å². The van der Waals surface area contributed by atoms with E-state index in [1.807, 2.05) is 6.07 Å². The molecule has 6 heteroatoms. The molecule has 24 heavy (non-hydrogen) atoms. The van der Waals surface area contributed by atoms with Crippen LogP contribution in [0, 0.1) is 5.82 Å². The molecule has 0 bridgehead atoms. The van der Waals surface area contributed by atoms with Crippen LogP contribution < -0.4 is 10.1 Å². The molecule has 0 aliphatic carbocycles. The topological polar surface area (TPSA) is 38.3 Å². The molecule has 0 fully saturated rings. The molecule has 1 N–H and O–H groups in total. The molecule has 0 aromatic heterocycles. The minimum Gasteiger partial charge on any atom is -0.481 e. The Balaban J connectivity index is 1.66. The fourth-order valence-corrected chi connectivity index (χ4v) is 3.01. The molecule has 0 spiro atoms. The normalized spacial score (nSPS) is 11.8. The van der Waals surface area contributed by atoms with E-state index in [4.69, 9.17) is 16.3 Å². The lowest BCUT2D eigenvalue weighted by Gasteiger charge is -2.14. The van der Waals surface area contributed by atoms with Crippen LogP contribution in [0.15, 0.2) is 48.5 Å². The largest absolute Gasteiger partial charge is 0.481 e. The highest BCUT2D eigenvalue weighted by Crippen LogP contribution is 2.18. The predicted molar refractivity (Wildman–Crippen MR) is 97.1 cm³/mol. The first-order valence-electron chi connectivity index (χ1n) is 7.57. The van der Waals surface area contributed by atoms with Gasteiger partial charge in [0.25, 0.3) is 5.91 Å². The number of carbonyl (C=O) groups is 1. The zero-order valence-electron chi connectivity index (χ0n) is 13.3. The first kappa shape index (κ1) is 18.6. The molecule has 2 rings (SSSR count). The molecule has 0 unspecified atom stereocenters. The number of halogens is 2. The van der Waals surface area contributed by atoms with Gasteiger partial charge in [0, 0.05) is 23.1 Å². The smallest absolute Gasteiger partial charge is 0.260 e. The van der Waals surface area contributed by atoms with E-state index in [9.17, 15) is 9.18 Å². The number of amides is 1. The lowest BCUT2D eigenvalue weighted by molar-refractivity contribution is -0.127. The molecule has 0 radical (unpaired) electrons. The minimum atomic E-state index is -0.611. The van der Waals surface area contributed by atoms with Crippen molar-refractivity contribution in [3.05, 3.63) is 64.9 Å². The summed E-state index contributed by atoms with van der Waals surface area (Å²) in [5.74, 6) is 1.44. The Morgan fingerprint density at radius 2 is 2.08 bits per heavy atom. The van der Waals surface area contributed by atoms with Crippen LogP contribution in [0.5, 0.6) is 5.75 Å². The first-order chi connectivity index (χ1) is 11.6. The number of hydrogen-bond donors (Lipinski definition) is 1. The zero-order chi connectivity index (χ0) is 17.4. The van der Waals surface area contributed by atoms with Crippen molar-refractivity contribution in [2.75, 3.05) is 12.3 Å². The summed E-state index contributed by atoms with van der Waals surface area (Å²) in [7, 11) is 0. The molecule has 2 aromatic carbocycles. The molecular formula is C18H19ClFNO2S. The SMILES string of the molecule is C[C@H](Oc1cccc(Cl)c1)C(=O)NCCSCc1ccccc1F. The van der Waals surface area contributed by atoms with Gasteiger partial charge in [-0.2, -0.15) is 11.8 Å². The summed E-state index contributed by atoms with van der Waals surface area (Å²) >= 11 is 7.45. The average Bonchev–Trinajstić information content (AvgIpc) is 2.56. The fraction of sp³-hybridized carbons (Fsp3) is 0.278. The van der Waals surface area contributed by atoms with Crippen molar-refractivity contribution < 1.29 is 13.9 Å². The van der Waals surface area contributed by atoms with Gasteiger partial charge >= 0.3 is 0 Å². The van der Waals surface area contributed by atoms with Crippen LogP contribution in [-0.4, -0.2) is 24.3 Å². The summed E-state index contributed by atoms with van der Waals surface area (Å²) < 4.78 is 19.0. The first-order valence-corrected chi connectivity index (χ1v) is 9.10. The van der Waals surface area contributed by atoms with E-state index in [2.05, 4.69) is 5.32 Å². The Morgan fingerprint density at radius 3 is 2.83 bits per heavy atom. The zero-order valence-corrected chi connectivity index (χ0v) is 14.9. The number of rotatable bonds is 8. The quantitative estimate of drug-likeness (QED) is 0.707. The molecule has 0 aliphatic rings. The number of thioether (sulfide) groups is 1. The summed E-state index contributed by atoms with van der Waals surface area (Å²) in [5, 5.41) is 3.37. The van der Waals surface area contributed by atoms with Gasteiger partial charge < -0.3 is 10.1 Å². The van der Waals surface area contributed by atoms with E-state index in [0.717, 1.165) is 0 Å². The lowest BCUT2D eigenvalue weighted by atomic mass is 10.2. The highest BCUT2D eigenvalue weighted by Gasteiger charge is 2.14. The van der Waals surface area contributed by atoms with Crippen LogP contribution in [0.2, 0.25) is 5.02 Å². The Hall–Kier alpha value is -1.72. The van der Waals surface area contributed by atoms with Gasteiger partial charge in [-0.25, -0.2) is 4.39 Å². The highest BCUT2D eigenvalue weighted by atomic mass is 35.5. The summed E-state index contributed by atoms with van der Waals surface area (Å²) in [5.41, 5.74) is 0.673. The Bertz CT molecular complexity index is 684. The van der Waals surface area contributed by atoms with E-state index in [-0.39, 0.29) is 11.7 Å². The van der Waals surface area contributed by atoms with E-state index in [1.165, 1.54) is 6.07 Å². The van der Waals surface area contributed by atoms with Crippen LogP contribution in [0.25, 0.3) is 0 Å². The maximum atomic E-state index is 13.5.